The molecule has 1 heterocycles. The second-order valence-corrected chi connectivity index (χ2v) is 4.72. The van der Waals surface area contributed by atoms with Gasteiger partial charge in [0.05, 0.1) is 10.0 Å². The number of aliphatic hydroxyl groups is 1. The van der Waals surface area contributed by atoms with Crippen LogP contribution >= 0.6 is 15.9 Å². The standard InChI is InChI=1S/C11H14BrN3O4/c1-2-7(3-4-16)14-11(17)8-5-10(15(18)19)13-6-9(8)12/h5-7,16H,2-4H2,1H3,(H,14,17). The molecule has 0 saturated heterocycles. The largest absolute Gasteiger partial charge is 0.396 e. The number of carbonyl (C=O) groups excluding carboxylic acids is 1. The van der Waals surface area contributed by atoms with E-state index in [0.29, 0.717) is 17.3 Å². The Morgan fingerprint density at radius 1 is 1.68 bits per heavy atom. The van der Waals surface area contributed by atoms with Crippen molar-refractivity contribution in [1.29, 1.82) is 0 Å². The third-order valence-corrected chi connectivity index (χ3v) is 3.21. The van der Waals surface area contributed by atoms with Crippen molar-refractivity contribution in [1.82, 2.24) is 10.3 Å². The molecule has 1 aromatic rings. The highest BCUT2D eigenvalue weighted by molar-refractivity contribution is 9.10. The van der Waals surface area contributed by atoms with Crippen molar-refractivity contribution in [3.8, 4) is 0 Å². The SMILES string of the molecule is CCC(CCO)NC(=O)c1cc([N+](=O)[O-])ncc1Br. The number of hydrogen-bond donors (Lipinski definition) is 2. The fourth-order valence-corrected chi connectivity index (χ4v) is 1.90. The number of pyridine rings is 1. The van der Waals surface area contributed by atoms with Gasteiger partial charge in [-0.3, -0.25) is 4.79 Å². The maximum absolute atomic E-state index is 12.0. The summed E-state index contributed by atoms with van der Waals surface area (Å²) >= 11 is 3.14. The van der Waals surface area contributed by atoms with Crippen molar-refractivity contribution >= 4 is 27.7 Å². The number of aliphatic hydroxyl groups excluding tert-OH is 1. The summed E-state index contributed by atoms with van der Waals surface area (Å²) in [5.74, 6) is -0.818. The van der Waals surface area contributed by atoms with E-state index in [1.54, 1.807) is 0 Å². The van der Waals surface area contributed by atoms with Gasteiger partial charge in [-0.05, 0) is 38.7 Å². The lowest BCUT2D eigenvalue weighted by Crippen LogP contribution is -2.35. The van der Waals surface area contributed by atoms with E-state index < -0.39 is 10.8 Å². The molecule has 0 aliphatic rings. The van der Waals surface area contributed by atoms with E-state index in [2.05, 4.69) is 26.2 Å². The van der Waals surface area contributed by atoms with Crippen molar-refractivity contribution in [3.63, 3.8) is 0 Å². The highest BCUT2D eigenvalue weighted by atomic mass is 79.9. The van der Waals surface area contributed by atoms with Gasteiger partial charge in [0.2, 0.25) is 0 Å². The Balaban J connectivity index is 2.92. The lowest BCUT2D eigenvalue weighted by atomic mass is 10.1. The summed E-state index contributed by atoms with van der Waals surface area (Å²) in [6, 6.07) is 0.946. The summed E-state index contributed by atoms with van der Waals surface area (Å²) in [5, 5.41) is 22.2. The Kier molecular flexibility index (Phi) is 5.84. The zero-order valence-corrected chi connectivity index (χ0v) is 11.9. The lowest BCUT2D eigenvalue weighted by Gasteiger charge is -2.15. The molecule has 0 aromatic carbocycles. The Hall–Kier alpha value is -1.54. The first-order valence-electron chi connectivity index (χ1n) is 5.71. The molecule has 0 bridgehead atoms. The Morgan fingerprint density at radius 2 is 2.37 bits per heavy atom. The summed E-state index contributed by atoms with van der Waals surface area (Å²) < 4.78 is 0.384. The maximum atomic E-state index is 12.0. The normalized spacial score (nSPS) is 11.9. The van der Waals surface area contributed by atoms with Crippen LogP contribution in [-0.4, -0.2) is 33.6 Å². The Labute approximate surface area is 118 Å². The Bertz CT molecular complexity index is 481. The van der Waals surface area contributed by atoms with Gasteiger partial charge in [0.1, 0.15) is 0 Å². The second kappa shape index (κ2) is 7.15. The molecule has 0 radical (unpaired) electrons. The third-order valence-electron chi connectivity index (χ3n) is 2.58. The van der Waals surface area contributed by atoms with Gasteiger partial charge in [-0.1, -0.05) is 6.92 Å². The van der Waals surface area contributed by atoms with Crippen LogP contribution in [0, 0.1) is 10.1 Å². The number of halogens is 1. The number of amides is 1. The van der Waals surface area contributed by atoms with E-state index in [9.17, 15) is 14.9 Å². The molecule has 8 heteroatoms. The number of rotatable bonds is 6. The molecule has 0 spiro atoms. The maximum Gasteiger partial charge on any atom is 0.364 e. The van der Waals surface area contributed by atoms with Crippen molar-refractivity contribution in [2.24, 2.45) is 0 Å². The van der Waals surface area contributed by atoms with Gasteiger partial charge in [-0.2, -0.15) is 0 Å². The Morgan fingerprint density at radius 3 is 2.89 bits per heavy atom. The number of nitrogens with one attached hydrogen (secondary N) is 1. The third kappa shape index (κ3) is 4.25. The monoisotopic (exact) mass is 331 g/mol. The minimum Gasteiger partial charge on any atom is -0.396 e. The first kappa shape index (κ1) is 15.5. The molecule has 19 heavy (non-hydrogen) atoms. The average Bonchev–Trinajstić information content (AvgIpc) is 2.38. The van der Waals surface area contributed by atoms with Crippen LogP contribution in [0.2, 0.25) is 0 Å². The van der Waals surface area contributed by atoms with Crippen LogP contribution in [0.15, 0.2) is 16.7 Å². The molecule has 1 amide bonds. The minimum absolute atomic E-state index is 0.0313. The average molecular weight is 332 g/mol. The molecule has 2 N–H and O–H groups in total. The highest BCUT2D eigenvalue weighted by Gasteiger charge is 2.19. The first-order chi connectivity index (χ1) is 8.99. The summed E-state index contributed by atoms with van der Waals surface area (Å²) in [6.07, 6.45) is 2.32. The van der Waals surface area contributed by atoms with Crippen LogP contribution in [0.3, 0.4) is 0 Å². The molecule has 104 valence electrons. The van der Waals surface area contributed by atoms with Crippen LogP contribution in [0.4, 0.5) is 5.82 Å². The van der Waals surface area contributed by atoms with Gasteiger partial charge < -0.3 is 20.5 Å². The summed E-state index contributed by atoms with van der Waals surface area (Å²) in [5.41, 5.74) is 0.151. The first-order valence-corrected chi connectivity index (χ1v) is 6.50. The quantitative estimate of drug-likeness (QED) is 0.609. The molecule has 0 aliphatic carbocycles. The van der Waals surface area contributed by atoms with E-state index >= 15 is 0 Å². The van der Waals surface area contributed by atoms with Crippen LogP contribution in [0.1, 0.15) is 30.1 Å². The molecule has 0 fully saturated rings. The summed E-state index contributed by atoms with van der Waals surface area (Å²) in [6.45, 7) is 1.85. The van der Waals surface area contributed by atoms with Crippen LogP contribution in [0.25, 0.3) is 0 Å². The van der Waals surface area contributed by atoms with Crippen LogP contribution in [-0.2, 0) is 0 Å². The second-order valence-electron chi connectivity index (χ2n) is 3.87. The van der Waals surface area contributed by atoms with E-state index in [1.165, 1.54) is 6.20 Å². The number of nitro groups is 1. The molecule has 0 saturated carbocycles. The predicted octanol–water partition coefficient (Wildman–Crippen LogP) is 1.64. The molecular formula is C11H14BrN3O4. The predicted molar refractivity (Wildman–Crippen MR) is 71.8 cm³/mol. The van der Waals surface area contributed by atoms with Gasteiger partial charge in [0.25, 0.3) is 5.91 Å². The minimum atomic E-state index is -0.658. The van der Waals surface area contributed by atoms with Gasteiger partial charge in [0, 0.05) is 18.7 Å². The fourth-order valence-electron chi connectivity index (χ4n) is 1.50. The van der Waals surface area contributed by atoms with Gasteiger partial charge >= 0.3 is 5.82 Å². The summed E-state index contributed by atoms with van der Waals surface area (Å²) in [4.78, 5) is 25.6. The number of carbonyl (C=O) groups is 1. The van der Waals surface area contributed by atoms with E-state index in [4.69, 9.17) is 5.11 Å². The molecule has 1 unspecified atom stereocenters. The molecule has 1 atom stereocenters. The van der Waals surface area contributed by atoms with Crippen molar-refractivity contribution in [3.05, 3.63) is 32.4 Å². The van der Waals surface area contributed by atoms with E-state index in [1.807, 2.05) is 6.92 Å². The fraction of sp³-hybridized carbons (Fsp3) is 0.455. The van der Waals surface area contributed by atoms with Gasteiger partial charge in [0.15, 0.2) is 6.20 Å². The molecule has 0 aliphatic heterocycles. The zero-order valence-electron chi connectivity index (χ0n) is 10.3. The van der Waals surface area contributed by atoms with Gasteiger partial charge in [-0.15, -0.1) is 0 Å². The summed E-state index contributed by atoms with van der Waals surface area (Å²) in [7, 11) is 0. The smallest absolute Gasteiger partial charge is 0.364 e. The molecule has 1 rings (SSSR count). The topological polar surface area (TPSA) is 105 Å². The van der Waals surface area contributed by atoms with Crippen molar-refractivity contribution < 1.29 is 14.8 Å². The number of nitrogens with zero attached hydrogens (tertiary/aromatic N) is 2. The van der Waals surface area contributed by atoms with E-state index in [0.717, 1.165) is 6.07 Å². The lowest BCUT2D eigenvalue weighted by molar-refractivity contribution is -0.389. The molecular weight excluding hydrogens is 318 g/mol. The van der Waals surface area contributed by atoms with Crippen molar-refractivity contribution in [2.45, 2.75) is 25.8 Å². The number of hydrogen-bond acceptors (Lipinski definition) is 5. The molecule has 7 nitrogen and oxygen atoms in total. The zero-order chi connectivity index (χ0) is 14.4. The van der Waals surface area contributed by atoms with Crippen molar-refractivity contribution in [2.75, 3.05) is 6.61 Å². The molecule has 1 aromatic heterocycles. The van der Waals surface area contributed by atoms with Crippen LogP contribution in [0.5, 0.6) is 0 Å². The highest BCUT2D eigenvalue weighted by Crippen LogP contribution is 2.20. The number of aromatic nitrogens is 1. The van der Waals surface area contributed by atoms with Crippen LogP contribution < -0.4 is 5.32 Å². The van der Waals surface area contributed by atoms with E-state index in [-0.39, 0.29) is 24.0 Å². The van der Waals surface area contributed by atoms with Gasteiger partial charge in [-0.25, -0.2) is 0 Å².